The number of fused-ring (bicyclic) bond motifs is 1. The number of nitrogens with one attached hydrogen (secondary N) is 1. The highest BCUT2D eigenvalue weighted by Crippen LogP contribution is 2.36. The van der Waals surface area contributed by atoms with Gasteiger partial charge in [-0.1, -0.05) is 38.0 Å². The predicted molar refractivity (Wildman–Crippen MR) is 137 cm³/mol. The zero-order valence-electron chi connectivity index (χ0n) is 21.1. The predicted octanol–water partition coefficient (Wildman–Crippen LogP) is 4.43. The van der Waals surface area contributed by atoms with Crippen molar-refractivity contribution in [3.8, 4) is 23.0 Å². The highest BCUT2D eigenvalue weighted by molar-refractivity contribution is 5.77. The Labute approximate surface area is 209 Å². The first-order chi connectivity index (χ1) is 17.0. The molecule has 0 radical (unpaired) electrons. The van der Waals surface area contributed by atoms with Gasteiger partial charge in [-0.15, -0.1) is 0 Å². The SMILES string of the molecule is CCCN(CCCCCCNC(=O)COc1ccccc1OC)C1CCc2c(ccc(O)c2O)C1. The van der Waals surface area contributed by atoms with Crippen LogP contribution in [0.15, 0.2) is 36.4 Å². The van der Waals surface area contributed by atoms with Gasteiger partial charge in [0.2, 0.25) is 0 Å². The molecule has 7 heteroatoms. The summed E-state index contributed by atoms with van der Waals surface area (Å²) in [4.78, 5) is 14.6. The number of hydrogen-bond acceptors (Lipinski definition) is 6. The Bertz CT molecular complexity index is 949. The van der Waals surface area contributed by atoms with Gasteiger partial charge in [0.25, 0.3) is 5.91 Å². The molecule has 3 N–H and O–H groups in total. The smallest absolute Gasteiger partial charge is 0.257 e. The third-order valence-electron chi connectivity index (χ3n) is 6.69. The minimum atomic E-state index is -0.123. The number of benzene rings is 2. The van der Waals surface area contributed by atoms with Crippen LogP contribution in [0.2, 0.25) is 0 Å². The second-order valence-corrected chi connectivity index (χ2v) is 9.21. The van der Waals surface area contributed by atoms with E-state index >= 15 is 0 Å². The summed E-state index contributed by atoms with van der Waals surface area (Å²) in [5.74, 6) is 1.10. The Morgan fingerprint density at radius 2 is 1.83 bits per heavy atom. The number of methoxy groups -OCH3 is 1. The Balaban J connectivity index is 1.31. The van der Waals surface area contributed by atoms with E-state index in [2.05, 4.69) is 17.1 Å². The molecule has 2 aromatic rings. The largest absolute Gasteiger partial charge is 0.504 e. The van der Waals surface area contributed by atoms with Gasteiger partial charge in [0.15, 0.2) is 29.6 Å². The minimum Gasteiger partial charge on any atom is -0.504 e. The fraction of sp³-hybridized carbons (Fsp3) is 0.536. The maximum Gasteiger partial charge on any atom is 0.257 e. The van der Waals surface area contributed by atoms with E-state index in [0.717, 1.165) is 75.6 Å². The summed E-state index contributed by atoms with van der Waals surface area (Å²) in [5, 5.41) is 22.8. The lowest BCUT2D eigenvalue weighted by atomic mass is 9.86. The fourth-order valence-corrected chi connectivity index (χ4v) is 4.83. The molecule has 0 bridgehead atoms. The van der Waals surface area contributed by atoms with Crippen LogP contribution in [0.5, 0.6) is 23.0 Å². The van der Waals surface area contributed by atoms with Gasteiger partial charge >= 0.3 is 0 Å². The Kier molecular flexibility index (Phi) is 10.5. The number of carbonyl (C=O) groups excluding carboxylic acids is 1. The summed E-state index contributed by atoms with van der Waals surface area (Å²) in [5.41, 5.74) is 2.07. The fourth-order valence-electron chi connectivity index (χ4n) is 4.83. The van der Waals surface area contributed by atoms with Gasteiger partial charge in [0.1, 0.15) is 0 Å². The van der Waals surface area contributed by atoms with Crippen molar-refractivity contribution in [3.63, 3.8) is 0 Å². The van der Waals surface area contributed by atoms with E-state index in [4.69, 9.17) is 9.47 Å². The van der Waals surface area contributed by atoms with E-state index in [0.29, 0.717) is 24.1 Å². The van der Waals surface area contributed by atoms with Crippen molar-refractivity contribution in [2.45, 2.75) is 64.3 Å². The summed E-state index contributed by atoms with van der Waals surface area (Å²) in [7, 11) is 1.58. The molecule has 7 nitrogen and oxygen atoms in total. The molecular weight excluding hydrogens is 444 g/mol. The van der Waals surface area contributed by atoms with Crippen LogP contribution in [-0.2, 0) is 17.6 Å². The molecule has 1 aliphatic rings. The van der Waals surface area contributed by atoms with E-state index in [9.17, 15) is 15.0 Å². The van der Waals surface area contributed by atoms with Crippen LogP contribution in [0.1, 0.15) is 56.6 Å². The van der Waals surface area contributed by atoms with Crippen LogP contribution in [-0.4, -0.2) is 60.4 Å². The molecule has 192 valence electrons. The number of nitrogens with zero attached hydrogens (tertiary/aromatic N) is 1. The molecule has 1 atom stereocenters. The quantitative estimate of drug-likeness (QED) is 0.271. The van der Waals surface area contributed by atoms with Gasteiger partial charge in [0, 0.05) is 18.2 Å². The Morgan fingerprint density at radius 3 is 2.60 bits per heavy atom. The molecule has 2 aromatic carbocycles. The third kappa shape index (κ3) is 7.79. The van der Waals surface area contributed by atoms with Crippen LogP contribution in [0, 0.1) is 0 Å². The van der Waals surface area contributed by atoms with Crippen molar-refractivity contribution in [1.82, 2.24) is 10.2 Å². The minimum absolute atomic E-state index is 0.0196. The van der Waals surface area contributed by atoms with Crippen molar-refractivity contribution in [2.24, 2.45) is 0 Å². The summed E-state index contributed by atoms with van der Waals surface area (Å²) in [6, 6.07) is 11.3. The molecule has 0 heterocycles. The average Bonchev–Trinajstić information content (AvgIpc) is 2.88. The lowest BCUT2D eigenvalue weighted by Crippen LogP contribution is -2.40. The molecule has 0 saturated carbocycles. The Hall–Kier alpha value is -2.93. The maximum absolute atomic E-state index is 12.1. The van der Waals surface area contributed by atoms with Crippen LogP contribution in [0.3, 0.4) is 0 Å². The molecule has 1 amide bonds. The number of rotatable bonds is 14. The van der Waals surface area contributed by atoms with Gasteiger partial charge in [0.05, 0.1) is 7.11 Å². The number of carbonyl (C=O) groups is 1. The van der Waals surface area contributed by atoms with Gasteiger partial charge < -0.3 is 29.9 Å². The zero-order chi connectivity index (χ0) is 25.0. The van der Waals surface area contributed by atoms with E-state index in [1.807, 2.05) is 18.2 Å². The number of aromatic hydroxyl groups is 2. The maximum atomic E-state index is 12.1. The molecular formula is C28H40N2O5. The number of phenols is 2. The molecule has 1 unspecified atom stereocenters. The van der Waals surface area contributed by atoms with Crippen LogP contribution >= 0.6 is 0 Å². The number of ether oxygens (including phenoxy) is 2. The van der Waals surface area contributed by atoms with Gasteiger partial charge in [-0.2, -0.15) is 0 Å². The highest BCUT2D eigenvalue weighted by Gasteiger charge is 2.26. The summed E-state index contributed by atoms with van der Waals surface area (Å²) < 4.78 is 10.8. The monoisotopic (exact) mass is 484 g/mol. The molecule has 3 rings (SSSR count). The number of unbranched alkanes of at least 4 members (excludes halogenated alkanes) is 3. The second kappa shape index (κ2) is 13.8. The average molecular weight is 485 g/mol. The van der Waals surface area contributed by atoms with Gasteiger partial charge in [-0.25, -0.2) is 0 Å². The lowest BCUT2D eigenvalue weighted by Gasteiger charge is -2.35. The summed E-state index contributed by atoms with van der Waals surface area (Å²) in [6.07, 6.45) is 8.15. The molecule has 0 spiro atoms. The second-order valence-electron chi connectivity index (χ2n) is 9.21. The normalized spacial score (nSPS) is 15.0. The van der Waals surface area contributed by atoms with Crippen LogP contribution in [0.25, 0.3) is 0 Å². The summed E-state index contributed by atoms with van der Waals surface area (Å²) in [6.45, 7) is 4.99. The number of phenolic OH excluding ortho intramolecular Hbond substituents is 2. The third-order valence-corrected chi connectivity index (χ3v) is 6.69. The molecule has 0 aromatic heterocycles. The summed E-state index contributed by atoms with van der Waals surface area (Å²) >= 11 is 0. The van der Waals surface area contributed by atoms with Gasteiger partial charge in [-0.3, -0.25) is 4.79 Å². The first-order valence-corrected chi connectivity index (χ1v) is 12.8. The standard InChI is InChI=1S/C28H40N2O5/c1-3-17-30(22-13-14-23-21(19-22)12-15-24(31)28(23)33)18-9-5-4-8-16-29-27(32)20-35-26-11-7-6-10-25(26)34-2/h6-7,10-12,15,22,31,33H,3-5,8-9,13-14,16-20H2,1-2H3,(H,29,32). The van der Waals surface area contributed by atoms with Crippen molar-refractivity contribution in [2.75, 3.05) is 33.4 Å². The van der Waals surface area contributed by atoms with Gasteiger partial charge in [-0.05, 0) is 75.4 Å². The van der Waals surface area contributed by atoms with Crippen molar-refractivity contribution in [3.05, 3.63) is 47.5 Å². The lowest BCUT2D eigenvalue weighted by molar-refractivity contribution is -0.123. The van der Waals surface area contributed by atoms with Crippen molar-refractivity contribution >= 4 is 5.91 Å². The van der Waals surface area contributed by atoms with Crippen molar-refractivity contribution in [1.29, 1.82) is 0 Å². The van der Waals surface area contributed by atoms with Crippen LogP contribution in [0.4, 0.5) is 0 Å². The molecule has 0 saturated heterocycles. The van der Waals surface area contributed by atoms with E-state index < -0.39 is 0 Å². The molecule has 1 aliphatic carbocycles. The van der Waals surface area contributed by atoms with E-state index in [1.54, 1.807) is 25.3 Å². The van der Waals surface area contributed by atoms with E-state index in [-0.39, 0.29) is 24.0 Å². The number of hydrogen-bond donors (Lipinski definition) is 3. The molecule has 35 heavy (non-hydrogen) atoms. The highest BCUT2D eigenvalue weighted by atomic mass is 16.5. The molecule has 0 aliphatic heterocycles. The first kappa shape index (κ1) is 26.7. The number of para-hydroxylation sites is 2. The first-order valence-electron chi connectivity index (χ1n) is 12.8. The Morgan fingerprint density at radius 1 is 1.06 bits per heavy atom. The van der Waals surface area contributed by atoms with E-state index in [1.165, 1.54) is 0 Å². The zero-order valence-corrected chi connectivity index (χ0v) is 21.1. The van der Waals surface area contributed by atoms with Crippen LogP contribution < -0.4 is 14.8 Å². The van der Waals surface area contributed by atoms with Crippen molar-refractivity contribution < 1.29 is 24.5 Å². The molecule has 0 fully saturated rings. The topological polar surface area (TPSA) is 91.3 Å². The number of amides is 1.